The molecular weight excluding hydrogens is 459 g/mol. The number of carbonyl (C=O) groups excluding carboxylic acids is 2. The summed E-state index contributed by atoms with van der Waals surface area (Å²) in [6.45, 7) is 1.41. The van der Waals surface area contributed by atoms with Crippen molar-refractivity contribution in [3.8, 4) is 5.69 Å². The Morgan fingerprint density at radius 3 is 2.41 bits per heavy atom. The number of nitrogen functional groups attached to an aromatic ring is 1. The molecule has 1 amide bonds. The molecule has 32 heavy (non-hydrogen) atoms. The van der Waals surface area contributed by atoms with E-state index in [4.69, 9.17) is 33.8 Å². The number of nitrogens with one attached hydrogen (secondary N) is 1. The molecule has 9 nitrogen and oxygen atoms in total. The highest BCUT2D eigenvalue weighted by atomic mass is 35.5. The zero-order chi connectivity index (χ0) is 23.4. The lowest BCUT2D eigenvalue weighted by molar-refractivity contribution is 0.0522. The zero-order valence-electron chi connectivity index (χ0n) is 16.8. The maximum absolute atomic E-state index is 13.2. The number of amides is 1. The van der Waals surface area contributed by atoms with Crippen LogP contribution in [-0.4, -0.2) is 27.6 Å². The Morgan fingerprint density at radius 1 is 1.09 bits per heavy atom. The summed E-state index contributed by atoms with van der Waals surface area (Å²) in [7, 11) is 0. The molecule has 0 saturated heterocycles. The maximum atomic E-state index is 13.2. The van der Waals surface area contributed by atoms with Gasteiger partial charge in [0.1, 0.15) is 5.56 Å². The van der Waals surface area contributed by atoms with Gasteiger partial charge >= 0.3 is 11.7 Å². The van der Waals surface area contributed by atoms with Crippen LogP contribution in [0.25, 0.3) is 5.69 Å². The molecule has 0 aliphatic heterocycles. The molecule has 3 N–H and O–H groups in total. The van der Waals surface area contributed by atoms with Gasteiger partial charge in [0.05, 0.1) is 28.9 Å². The first-order valence-electron chi connectivity index (χ1n) is 9.36. The zero-order valence-corrected chi connectivity index (χ0v) is 18.3. The normalized spacial score (nSPS) is 10.6. The van der Waals surface area contributed by atoms with Crippen molar-refractivity contribution < 1.29 is 14.3 Å². The second kappa shape index (κ2) is 9.82. The summed E-state index contributed by atoms with van der Waals surface area (Å²) in [4.78, 5) is 50.2. The standard InChI is InChI=1S/C21H18Cl2N4O5/c1-2-32-20(30)15-11-26(14-8-6-12(7-9-14)18(28)25-24)21(31)27(19(15)29)10-13-4-3-5-16(22)17(13)23/h3-9,11H,2,10,24H2,1H3,(H,25,28). The smallest absolute Gasteiger partial charge is 0.345 e. The molecule has 0 fully saturated rings. The summed E-state index contributed by atoms with van der Waals surface area (Å²) in [5.74, 6) is 3.73. The topological polar surface area (TPSA) is 125 Å². The van der Waals surface area contributed by atoms with Gasteiger partial charge in [0.2, 0.25) is 0 Å². The van der Waals surface area contributed by atoms with E-state index >= 15 is 0 Å². The molecule has 1 heterocycles. The van der Waals surface area contributed by atoms with Crippen LogP contribution in [-0.2, 0) is 11.3 Å². The highest BCUT2D eigenvalue weighted by Gasteiger charge is 2.20. The fourth-order valence-electron chi connectivity index (χ4n) is 2.97. The van der Waals surface area contributed by atoms with E-state index < -0.39 is 23.1 Å². The second-order valence-corrected chi connectivity index (χ2v) is 7.33. The Morgan fingerprint density at radius 2 is 1.78 bits per heavy atom. The number of hydrogen-bond acceptors (Lipinski definition) is 6. The molecule has 0 spiro atoms. The lowest BCUT2D eigenvalue weighted by Crippen LogP contribution is -2.42. The fraction of sp³-hybridized carbons (Fsp3) is 0.143. The van der Waals surface area contributed by atoms with Gasteiger partial charge in [0.25, 0.3) is 11.5 Å². The number of esters is 1. The van der Waals surface area contributed by atoms with E-state index in [1.54, 1.807) is 25.1 Å². The molecule has 0 aliphatic carbocycles. The molecule has 3 rings (SSSR count). The lowest BCUT2D eigenvalue weighted by Gasteiger charge is -2.14. The van der Waals surface area contributed by atoms with Crippen molar-refractivity contribution in [1.29, 1.82) is 0 Å². The third-order valence-corrected chi connectivity index (χ3v) is 5.42. The number of nitrogens with two attached hydrogens (primary N) is 1. The van der Waals surface area contributed by atoms with Crippen LogP contribution in [0.4, 0.5) is 0 Å². The lowest BCUT2D eigenvalue weighted by atomic mass is 10.2. The van der Waals surface area contributed by atoms with Crippen LogP contribution >= 0.6 is 23.2 Å². The Labute approximate surface area is 191 Å². The Bertz CT molecular complexity index is 1300. The van der Waals surface area contributed by atoms with E-state index in [1.807, 2.05) is 5.43 Å². The number of aromatic nitrogens is 2. The first-order valence-corrected chi connectivity index (χ1v) is 10.1. The molecule has 0 radical (unpaired) electrons. The Hall–Kier alpha value is -3.40. The fourth-order valence-corrected chi connectivity index (χ4v) is 3.35. The molecule has 0 unspecified atom stereocenters. The quantitative estimate of drug-likeness (QED) is 0.243. The second-order valence-electron chi connectivity index (χ2n) is 6.54. The molecule has 0 bridgehead atoms. The van der Waals surface area contributed by atoms with Gasteiger partial charge in [0.15, 0.2) is 0 Å². The van der Waals surface area contributed by atoms with Gasteiger partial charge in [-0.1, -0.05) is 35.3 Å². The van der Waals surface area contributed by atoms with E-state index in [0.717, 1.165) is 15.3 Å². The number of halogens is 2. The van der Waals surface area contributed by atoms with Crippen molar-refractivity contribution in [3.63, 3.8) is 0 Å². The average Bonchev–Trinajstić information content (AvgIpc) is 2.79. The highest BCUT2D eigenvalue weighted by Crippen LogP contribution is 2.25. The van der Waals surface area contributed by atoms with Gasteiger partial charge < -0.3 is 4.74 Å². The van der Waals surface area contributed by atoms with E-state index in [0.29, 0.717) is 11.3 Å². The molecular formula is C21H18Cl2N4O5. The highest BCUT2D eigenvalue weighted by molar-refractivity contribution is 6.42. The van der Waals surface area contributed by atoms with Crippen molar-refractivity contribution in [2.45, 2.75) is 13.5 Å². The van der Waals surface area contributed by atoms with Gasteiger partial charge in [-0.05, 0) is 42.8 Å². The first-order chi connectivity index (χ1) is 15.3. The van der Waals surface area contributed by atoms with Crippen LogP contribution in [0.1, 0.15) is 33.2 Å². The number of hydrazine groups is 1. The summed E-state index contributed by atoms with van der Waals surface area (Å²) < 4.78 is 6.94. The van der Waals surface area contributed by atoms with Crippen molar-refractivity contribution in [1.82, 2.24) is 14.6 Å². The molecule has 0 atom stereocenters. The third-order valence-electron chi connectivity index (χ3n) is 4.56. The number of nitrogens with zero attached hydrogens (tertiary/aromatic N) is 2. The number of hydrogen-bond donors (Lipinski definition) is 2. The molecule has 2 aromatic carbocycles. The molecule has 1 aromatic heterocycles. The molecule has 0 saturated carbocycles. The van der Waals surface area contributed by atoms with Crippen molar-refractivity contribution >= 4 is 35.1 Å². The van der Waals surface area contributed by atoms with Crippen LogP contribution in [0, 0.1) is 0 Å². The average molecular weight is 477 g/mol. The number of ether oxygens (including phenoxy) is 1. The SMILES string of the molecule is CCOC(=O)c1cn(-c2ccc(C(=O)NN)cc2)c(=O)n(Cc2cccc(Cl)c2Cl)c1=O. The van der Waals surface area contributed by atoms with Crippen LogP contribution in [0.2, 0.25) is 10.0 Å². The van der Waals surface area contributed by atoms with Crippen molar-refractivity contribution in [3.05, 3.63) is 96.2 Å². The maximum Gasteiger partial charge on any atom is 0.345 e. The predicted molar refractivity (Wildman–Crippen MR) is 119 cm³/mol. The van der Waals surface area contributed by atoms with E-state index in [9.17, 15) is 19.2 Å². The number of benzene rings is 2. The molecule has 166 valence electrons. The largest absolute Gasteiger partial charge is 0.462 e. The summed E-state index contributed by atoms with van der Waals surface area (Å²) in [6, 6.07) is 10.6. The van der Waals surface area contributed by atoms with Crippen molar-refractivity contribution in [2.75, 3.05) is 6.61 Å². The van der Waals surface area contributed by atoms with Gasteiger partial charge in [-0.2, -0.15) is 0 Å². The third kappa shape index (κ3) is 4.59. The monoisotopic (exact) mass is 476 g/mol. The number of rotatable bonds is 6. The van der Waals surface area contributed by atoms with Gasteiger partial charge in [-0.25, -0.2) is 15.4 Å². The Kier molecular flexibility index (Phi) is 7.14. The summed E-state index contributed by atoms with van der Waals surface area (Å²) in [5.41, 5.74) is 1.09. The van der Waals surface area contributed by atoms with Gasteiger partial charge in [0, 0.05) is 11.8 Å². The number of carbonyl (C=O) groups is 2. The van der Waals surface area contributed by atoms with Crippen LogP contribution in [0.3, 0.4) is 0 Å². The first kappa shape index (κ1) is 23.3. The van der Waals surface area contributed by atoms with Crippen LogP contribution in [0.5, 0.6) is 0 Å². The van der Waals surface area contributed by atoms with E-state index in [-0.39, 0.29) is 34.3 Å². The molecule has 11 heteroatoms. The van der Waals surface area contributed by atoms with Crippen molar-refractivity contribution in [2.24, 2.45) is 5.84 Å². The molecule has 3 aromatic rings. The van der Waals surface area contributed by atoms with Crippen LogP contribution in [0.15, 0.2) is 58.3 Å². The Balaban J connectivity index is 2.20. The van der Waals surface area contributed by atoms with Gasteiger partial charge in [-0.15, -0.1) is 0 Å². The van der Waals surface area contributed by atoms with E-state index in [1.165, 1.54) is 24.3 Å². The summed E-state index contributed by atoms with van der Waals surface area (Å²) in [6.07, 6.45) is 1.11. The van der Waals surface area contributed by atoms with Crippen LogP contribution < -0.4 is 22.5 Å². The predicted octanol–water partition coefficient (Wildman–Crippen LogP) is 2.13. The summed E-state index contributed by atoms with van der Waals surface area (Å²) in [5, 5.41) is 0.443. The van der Waals surface area contributed by atoms with E-state index in [2.05, 4.69) is 0 Å². The molecule has 0 aliphatic rings. The van der Waals surface area contributed by atoms with Gasteiger partial charge in [-0.3, -0.25) is 24.1 Å². The minimum Gasteiger partial charge on any atom is -0.462 e. The minimum absolute atomic E-state index is 0.0421. The summed E-state index contributed by atoms with van der Waals surface area (Å²) >= 11 is 12.3. The minimum atomic E-state index is -0.878.